The molecule has 0 aliphatic rings. The van der Waals surface area contributed by atoms with Gasteiger partial charge in [0.05, 0.1) is 24.3 Å². The average molecular weight is 248 g/mol. The molecule has 0 aliphatic heterocycles. The zero-order valence-electron chi connectivity index (χ0n) is 11.4. The van der Waals surface area contributed by atoms with Crippen molar-refractivity contribution in [2.75, 3.05) is 0 Å². The number of nitrogens with zero attached hydrogens (tertiary/aromatic N) is 3. The Kier molecular flexibility index (Phi) is 3.81. The van der Waals surface area contributed by atoms with Crippen molar-refractivity contribution in [2.24, 2.45) is 0 Å². The van der Waals surface area contributed by atoms with Gasteiger partial charge in [0.1, 0.15) is 5.76 Å². The predicted molar refractivity (Wildman–Crippen MR) is 69.3 cm³/mol. The molecule has 0 saturated heterocycles. The van der Waals surface area contributed by atoms with Gasteiger partial charge in [-0.1, -0.05) is 19.0 Å². The van der Waals surface area contributed by atoms with E-state index in [1.165, 1.54) is 0 Å². The first-order valence-electron chi connectivity index (χ1n) is 6.22. The van der Waals surface area contributed by atoms with Gasteiger partial charge in [0, 0.05) is 24.3 Å². The van der Waals surface area contributed by atoms with Crippen molar-refractivity contribution < 1.29 is 4.52 Å². The van der Waals surface area contributed by atoms with E-state index in [1.807, 2.05) is 20.2 Å². The Bertz CT molecular complexity index is 493. The van der Waals surface area contributed by atoms with Gasteiger partial charge in [-0.3, -0.25) is 0 Å². The summed E-state index contributed by atoms with van der Waals surface area (Å²) in [6.07, 6.45) is 3.91. The van der Waals surface area contributed by atoms with E-state index >= 15 is 0 Å². The first kappa shape index (κ1) is 12.8. The van der Waals surface area contributed by atoms with Crippen molar-refractivity contribution in [2.45, 2.75) is 46.8 Å². The monoisotopic (exact) mass is 248 g/mol. The Morgan fingerprint density at radius 3 is 2.78 bits per heavy atom. The molecular formula is C13H20N4O. The van der Waals surface area contributed by atoms with Gasteiger partial charge in [0.25, 0.3) is 0 Å². The fourth-order valence-electron chi connectivity index (χ4n) is 1.80. The van der Waals surface area contributed by atoms with Crippen molar-refractivity contribution in [3.05, 3.63) is 35.2 Å². The Balaban J connectivity index is 2.02. The number of hydrogen-bond donors (Lipinski definition) is 1. The molecule has 0 aromatic carbocycles. The molecule has 0 saturated carbocycles. The highest BCUT2D eigenvalue weighted by Gasteiger charge is 2.09. The van der Waals surface area contributed by atoms with Crippen LogP contribution in [0.2, 0.25) is 0 Å². The van der Waals surface area contributed by atoms with Crippen molar-refractivity contribution >= 4 is 0 Å². The Morgan fingerprint density at radius 2 is 2.17 bits per heavy atom. The molecular weight excluding hydrogens is 228 g/mol. The number of aryl methyl sites for hydroxylation is 2. The van der Waals surface area contributed by atoms with Crippen molar-refractivity contribution in [1.82, 2.24) is 20.0 Å². The fraction of sp³-hybridized carbons (Fsp3) is 0.538. The maximum absolute atomic E-state index is 5.16. The third-order valence-corrected chi connectivity index (χ3v) is 2.90. The van der Waals surface area contributed by atoms with E-state index in [9.17, 15) is 0 Å². The van der Waals surface area contributed by atoms with Crippen LogP contribution < -0.4 is 5.32 Å². The first-order valence-corrected chi connectivity index (χ1v) is 6.22. The summed E-state index contributed by atoms with van der Waals surface area (Å²) in [6.45, 7) is 9.71. The second-order valence-electron chi connectivity index (χ2n) is 4.88. The zero-order chi connectivity index (χ0) is 13.1. The molecule has 1 N–H and O–H groups in total. The van der Waals surface area contributed by atoms with Gasteiger partial charge in [-0.15, -0.1) is 0 Å². The van der Waals surface area contributed by atoms with Gasteiger partial charge in [-0.25, -0.2) is 4.98 Å². The Labute approximate surface area is 107 Å². The van der Waals surface area contributed by atoms with Crippen molar-refractivity contribution in [1.29, 1.82) is 0 Å². The van der Waals surface area contributed by atoms with E-state index in [0.29, 0.717) is 6.04 Å². The summed E-state index contributed by atoms with van der Waals surface area (Å²) in [5.74, 6) is 0.878. The van der Waals surface area contributed by atoms with Gasteiger partial charge in [0.15, 0.2) is 0 Å². The normalized spacial score (nSPS) is 11.4. The highest BCUT2D eigenvalue weighted by atomic mass is 16.5. The van der Waals surface area contributed by atoms with Crippen molar-refractivity contribution in [3.8, 4) is 0 Å². The Morgan fingerprint density at radius 1 is 1.39 bits per heavy atom. The topological polar surface area (TPSA) is 55.9 Å². The van der Waals surface area contributed by atoms with Gasteiger partial charge in [0.2, 0.25) is 0 Å². The molecule has 2 aromatic rings. The van der Waals surface area contributed by atoms with Crippen LogP contribution in [0.1, 0.15) is 36.6 Å². The van der Waals surface area contributed by atoms with Crippen LogP contribution in [-0.2, 0) is 13.1 Å². The second kappa shape index (κ2) is 5.35. The molecule has 0 atom stereocenters. The molecule has 0 bridgehead atoms. The highest BCUT2D eigenvalue weighted by Crippen LogP contribution is 2.14. The number of nitrogens with one attached hydrogen (secondary N) is 1. The molecule has 2 rings (SSSR count). The molecule has 5 heteroatoms. The maximum Gasteiger partial charge on any atom is 0.138 e. The van der Waals surface area contributed by atoms with Crippen molar-refractivity contribution in [3.63, 3.8) is 0 Å². The van der Waals surface area contributed by atoms with Crippen LogP contribution in [0.4, 0.5) is 0 Å². The lowest BCUT2D eigenvalue weighted by atomic mass is 10.2. The molecule has 0 fully saturated rings. The standard InChI is InChI=1S/C13H20N4O/c1-9(2)14-5-12-6-17(8-15-12)7-13-10(3)16-18-11(13)4/h6,8-9,14H,5,7H2,1-4H3. The van der Waals surface area contributed by atoms with Gasteiger partial charge >= 0.3 is 0 Å². The molecule has 2 heterocycles. The second-order valence-corrected chi connectivity index (χ2v) is 4.88. The molecule has 0 spiro atoms. The van der Waals surface area contributed by atoms with E-state index in [0.717, 1.165) is 35.8 Å². The molecule has 18 heavy (non-hydrogen) atoms. The minimum absolute atomic E-state index is 0.470. The van der Waals surface area contributed by atoms with Gasteiger partial charge in [-0.05, 0) is 13.8 Å². The first-order chi connectivity index (χ1) is 8.56. The highest BCUT2D eigenvalue weighted by molar-refractivity contribution is 5.21. The quantitative estimate of drug-likeness (QED) is 0.879. The summed E-state index contributed by atoms with van der Waals surface area (Å²) in [5.41, 5.74) is 3.13. The molecule has 0 unspecified atom stereocenters. The largest absolute Gasteiger partial charge is 0.361 e. The van der Waals surface area contributed by atoms with Crippen LogP contribution in [0, 0.1) is 13.8 Å². The summed E-state index contributed by atoms with van der Waals surface area (Å²) in [7, 11) is 0. The lowest BCUT2D eigenvalue weighted by Gasteiger charge is -2.05. The van der Waals surface area contributed by atoms with Crippen LogP contribution in [-0.4, -0.2) is 20.7 Å². The molecule has 0 radical (unpaired) electrons. The molecule has 5 nitrogen and oxygen atoms in total. The SMILES string of the molecule is Cc1noc(C)c1Cn1cnc(CNC(C)C)c1. The van der Waals surface area contributed by atoms with Crippen LogP contribution in [0.25, 0.3) is 0 Å². The number of rotatable bonds is 5. The van der Waals surface area contributed by atoms with Crippen LogP contribution in [0.15, 0.2) is 17.0 Å². The van der Waals surface area contributed by atoms with Gasteiger partial charge < -0.3 is 14.4 Å². The summed E-state index contributed by atoms with van der Waals surface area (Å²) in [6, 6.07) is 0.470. The van der Waals surface area contributed by atoms with E-state index in [2.05, 4.69) is 40.1 Å². The molecule has 98 valence electrons. The predicted octanol–water partition coefficient (Wildman–Crippen LogP) is 2.03. The van der Waals surface area contributed by atoms with E-state index in [-0.39, 0.29) is 0 Å². The molecule has 0 aliphatic carbocycles. The number of imidazole rings is 1. The number of aromatic nitrogens is 3. The lowest BCUT2D eigenvalue weighted by Crippen LogP contribution is -2.21. The maximum atomic E-state index is 5.16. The summed E-state index contributed by atoms with van der Waals surface area (Å²) >= 11 is 0. The third kappa shape index (κ3) is 2.98. The third-order valence-electron chi connectivity index (χ3n) is 2.90. The van der Waals surface area contributed by atoms with Crippen LogP contribution in [0.3, 0.4) is 0 Å². The minimum atomic E-state index is 0.470. The van der Waals surface area contributed by atoms with E-state index in [4.69, 9.17) is 4.52 Å². The zero-order valence-corrected chi connectivity index (χ0v) is 11.4. The molecule has 0 amide bonds. The summed E-state index contributed by atoms with van der Waals surface area (Å²) in [4.78, 5) is 4.38. The van der Waals surface area contributed by atoms with E-state index < -0.39 is 0 Å². The summed E-state index contributed by atoms with van der Waals surface area (Å²) in [5, 5.41) is 7.31. The number of hydrogen-bond acceptors (Lipinski definition) is 4. The smallest absolute Gasteiger partial charge is 0.138 e. The van der Waals surface area contributed by atoms with Crippen LogP contribution >= 0.6 is 0 Å². The fourth-order valence-corrected chi connectivity index (χ4v) is 1.80. The molecule has 2 aromatic heterocycles. The minimum Gasteiger partial charge on any atom is -0.361 e. The average Bonchev–Trinajstić information content (AvgIpc) is 2.88. The lowest BCUT2D eigenvalue weighted by molar-refractivity contribution is 0.392. The van der Waals surface area contributed by atoms with E-state index in [1.54, 1.807) is 0 Å². The Hall–Kier alpha value is -1.62. The van der Waals surface area contributed by atoms with Crippen LogP contribution in [0.5, 0.6) is 0 Å². The summed E-state index contributed by atoms with van der Waals surface area (Å²) < 4.78 is 7.22. The van der Waals surface area contributed by atoms with Gasteiger partial charge in [-0.2, -0.15) is 0 Å².